The molecule has 7 nitrogen and oxygen atoms in total. The van der Waals surface area contributed by atoms with Gasteiger partial charge < -0.3 is 9.64 Å². The second-order valence-corrected chi connectivity index (χ2v) is 11.1. The molecule has 0 N–H and O–H groups in total. The smallest absolute Gasteiger partial charge is 0.325 e. The Labute approximate surface area is 166 Å². The van der Waals surface area contributed by atoms with Gasteiger partial charge in [0.25, 0.3) is 5.69 Å². The number of carbonyl (C=O) groups excluding carboxylic acids is 2. The highest BCUT2D eigenvalue weighted by Gasteiger charge is 2.57. The third-order valence-corrected chi connectivity index (χ3v) is 7.70. The Balaban J connectivity index is 1.67. The average molecular weight is 411 g/mol. The van der Waals surface area contributed by atoms with Gasteiger partial charge in [0.1, 0.15) is 11.4 Å². The van der Waals surface area contributed by atoms with Gasteiger partial charge in [0.2, 0.25) is 5.91 Å². The molecule has 1 aromatic carbocycles. The maximum absolute atomic E-state index is 13.0. The molecule has 0 aliphatic carbocycles. The molecular formula is C18H22N2O5S2. The predicted molar refractivity (Wildman–Crippen MR) is 106 cm³/mol. The molecule has 0 spiro atoms. The summed E-state index contributed by atoms with van der Waals surface area (Å²) in [6.07, 6.45) is 0.474. The van der Waals surface area contributed by atoms with E-state index in [4.69, 9.17) is 4.74 Å². The Bertz CT molecular complexity index is 762. The summed E-state index contributed by atoms with van der Waals surface area (Å²) in [5, 5.41) is 10.8. The fraction of sp³-hybridized carbons (Fsp3) is 0.556. The number of nitrogens with zero attached hydrogens (tertiary/aromatic N) is 2. The minimum absolute atomic E-state index is 0.00244. The van der Waals surface area contributed by atoms with Gasteiger partial charge in [0.15, 0.2) is 0 Å². The monoisotopic (exact) mass is 410 g/mol. The molecule has 146 valence electrons. The molecule has 0 aromatic heterocycles. The van der Waals surface area contributed by atoms with Crippen LogP contribution in [-0.4, -0.2) is 48.9 Å². The largest absolute Gasteiger partial charge is 0.460 e. The molecule has 1 amide bonds. The molecule has 0 radical (unpaired) electrons. The van der Waals surface area contributed by atoms with E-state index < -0.39 is 9.67 Å². The molecule has 27 heavy (non-hydrogen) atoms. The van der Waals surface area contributed by atoms with Crippen molar-refractivity contribution >= 4 is 41.1 Å². The van der Waals surface area contributed by atoms with Gasteiger partial charge in [-0.15, -0.1) is 11.8 Å². The van der Waals surface area contributed by atoms with Crippen LogP contribution in [-0.2, 0) is 20.9 Å². The molecule has 9 heteroatoms. The van der Waals surface area contributed by atoms with Crippen LogP contribution in [0.5, 0.6) is 0 Å². The zero-order valence-electron chi connectivity index (χ0n) is 15.5. The van der Waals surface area contributed by atoms with Crippen LogP contribution in [0.15, 0.2) is 24.3 Å². The molecular weight excluding hydrogens is 388 g/mol. The van der Waals surface area contributed by atoms with Gasteiger partial charge in [-0.2, -0.15) is 11.8 Å². The topological polar surface area (TPSA) is 89.8 Å². The first kappa shape index (κ1) is 20.0. The fourth-order valence-corrected chi connectivity index (χ4v) is 5.63. The first-order valence-corrected chi connectivity index (χ1v) is 10.5. The van der Waals surface area contributed by atoms with E-state index >= 15 is 0 Å². The number of amides is 1. The number of rotatable bonds is 6. The van der Waals surface area contributed by atoms with Crippen LogP contribution in [0, 0.1) is 10.1 Å². The molecule has 2 heterocycles. The number of fused-ring (bicyclic) bond motifs is 1. The maximum atomic E-state index is 13.0. The van der Waals surface area contributed by atoms with E-state index in [1.54, 1.807) is 28.8 Å². The van der Waals surface area contributed by atoms with Crippen LogP contribution < -0.4 is 0 Å². The van der Waals surface area contributed by atoms with Crippen molar-refractivity contribution in [1.82, 2.24) is 4.90 Å². The quantitative estimate of drug-likeness (QED) is 0.308. The average Bonchev–Trinajstić information content (AvgIpc) is 2.91. The summed E-state index contributed by atoms with van der Waals surface area (Å²) in [5.74, 6) is 0.323. The second-order valence-electron chi connectivity index (χ2n) is 7.69. The molecule has 2 aliphatic heterocycles. The number of β-lactam (4-membered cyclic amide) rings is 1. The van der Waals surface area contributed by atoms with Gasteiger partial charge in [-0.05, 0) is 17.7 Å². The highest BCUT2D eigenvalue weighted by Crippen LogP contribution is 2.49. The summed E-state index contributed by atoms with van der Waals surface area (Å²) in [6, 6.07) is 5.95. The lowest BCUT2D eigenvalue weighted by Gasteiger charge is -2.32. The van der Waals surface area contributed by atoms with E-state index in [9.17, 15) is 19.7 Å². The van der Waals surface area contributed by atoms with Crippen LogP contribution in [0.3, 0.4) is 0 Å². The van der Waals surface area contributed by atoms with E-state index in [0.717, 1.165) is 0 Å². The van der Waals surface area contributed by atoms with Crippen molar-refractivity contribution in [2.75, 3.05) is 12.3 Å². The van der Waals surface area contributed by atoms with Crippen molar-refractivity contribution in [2.24, 2.45) is 0 Å². The number of benzene rings is 1. The normalized spacial score (nSPS) is 24.3. The van der Waals surface area contributed by atoms with Crippen LogP contribution in [0.2, 0.25) is 0 Å². The number of carbonyl (C=O) groups is 2. The SMILES string of the molecule is CC(C)(C)SCC1(C(=O)OCc2ccc([N+](=O)[O-])cc2)CN2C(=O)C[C@H]2S1. The third-order valence-electron chi connectivity index (χ3n) is 4.43. The number of nitro groups is 1. The van der Waals surface area contributed by atoms with Gasteiger partial charge in [0, 0.05) is 29.2 Å². The van der Waals surface area contributed by atoms with Crippen LogP contribution in [0.1, 0.15) is 32.8 Å². The minimum atomic E-state index is -0.768. The minimum Gasteiger partial charge on any atom is -0.460 e. The van der Waals surface area contributed by atoms with Crippen LogP contribution in [0.4, 0.5) is 5.69 Å². The molecule has 2 fully saturated rings. The summed E-state index contributed by atoms with van der Waals surface area (Å²) in [7, 11) is 0. The lowest BCUT2D eigenvalue weighted by Crippen LogP contribution is -2.50. The molecule has 1 aromatic rings. The number of hydrogen-bond donors (Lipinski definition) is 0. The number of hydrogen-bond acceptors (Lipinski definition) is 7. The van der Waals surface area contributed by atoms with Crippen molar-refractivity contribution in [3.8, 4) is 0 Å². The van der Waals surface area contributed by atoms with Crippen molar-refractivity contribution in [2.45, 2.75) is 48.7 Å². The number of thioether (sulfide) groups is 2. The van der Waals surface area contributed by atoms with Crippen molar-refractivity contribution in [1.29, 1.82) is 0 Å². The highest BCUT2D eigenvalue weighted by molar-refractivity contribution is 8.05. The van der Waals surface area contributed by atoms with Gasteiger partial charge in [-0.25, -0.2) is 0 Å². The zero-order chi connectivity index (χ0) is 19.8. The van der Waals surface area contributed by atoms with E-state index in [0.29, 0.717) is 24.3 Å². The van der Waals surface area contributed by atoms with E-state index in [-0.39, 0.29) is 34.3 Å². The fourth-order valence-electron chi connectivity index (χ4n) is 2.87. The Hall–Kier alpha value is -1.74. The summed E-state index contributed by atoms with van der Waals surface area (Å²) in [5.41, 5.74) is 0.687. The third kappa shape index (κ3) is 4.40. The summed E-state index contributed by atoms with van der Waals surface area (Å²) < 4.78 is 4.78. The number of nitro benzene ring substituents is 1. The number of esters is 1. The predicted octanol–water partition coefficient (Wildman–Crippen LogP) is 3.21. The number of ether oxygens (including phenoxy) is 1. The lowest BCUT2D eigenvalue weighted by atomic mass is 10.1. The van der Waals surface area contributed by atoms with Gasteiger partial charge in [-0.1, -0.05) is 20.8 Å². The lowest BCUT2D eigenvalue weighted by molar-refractivity contribution is -0.384. The van der Waals surface area contributed by atoms with E-state index in [1.807, 2.05) is 0 Å². The van der Waals surface area contributed by atoms with Gasteiger partial charge in [0.05, 0.1) is 16.7 Å². The molecule has 3 rings (SSSR count). The second kappa shape index (κ2) is 7.35. The summed E-state index contributed by atoms with van der Waals surface area (Å²) in [6.45, 7) is 6.70. The highest BCUT2D eigenvalue weighted by atomic mass is 32.2. The Morgan fingerprint density at radius 2 is 2.07 bits per heavy atom. The maximum Gasteiger partial charge on any atom is 0.325 e. The first-order chi connectivity index (χ1) is 12.6. The first-order valence-electron chi connectivity index (χ1n) is 8.61. The summed E-state index contributed by atoms with van der Waals surface area (Å²) in [4.78, 5) is 36.8. The molecule has 0 saturated carbocycles. The Morgan fingerprint density at radius 3 is 2.59 bits per heavy atom. The van der Waals surface area contributed by atoms with E-state index in [2.05, 4.69) is 20.8 Å². The summed E-state index contributed by atoms with van der Waals surface area (Å²) >= 11 is 3.21. The molecule has 0 bridgehead atoms. The van der Waals surface area contributed by atoms with Gasteiger partial charge in [-0.3, -0.25) is 19.7 Å². The van der Waals surface area contributed by atoms with Crippen molar-refractivity contribution in [3.63, 3.8) is 0 Å². The number of non-ortho nitro benzene ring substituents is 1. The molecule has 1 unspecified atom stereocenters. The Kier molecular flexibility index (Phi) is 5.45. The van der Waals surface area contributed by atoms with E-state index in [1.165, 1.54) is 23.9 Å². The van der Waals surface area contributed by atoms with Crippen LogP contribution in [0.25, 0.3) is 0 Å². The standard InChI is InChI=1S/C18H22N2O5S2/c1-17(2,3)26-11-18(10-19-14(21)8-15(19)27-18)16(22)25-9-12-4-6-13(7-5-12)20(23)24/h4-7,15H,8-11H2,1-3H3/t15-,18?/m1/s1. The van der Waals surface area contributed by atoms with Gasteiger partial charge >= 0.3 is 5.97 Å². The van der Waals surface area contributed by atoms with Crippen molar-refractivity contribution in [3.05, 3.63) is 39.9 Å². The van der Waals surface area contributed by atoms with Crippen molar-refractivity contribution < 1.29 is 19.2 Å². The molecule has 2 saturated heterocycles. The van der Waals surface area contributed by atoms with Crippen LogP contribution >= 0.6 is 23.5 Å². The molecule has 2 aliphatic rings. The molecule has 2 atom stereocenters. The Morgan fingerprint density at radius 1 is 1.41 bits per heavy atom. The zero-order valence-corrected chi connectivity index (χ0v) is 17.1.